The number of anilines is 2. The zero-order chi connectivity index (χ0) is 25.7. The summed E-state index contributed by atoms with van der Waals surface area (Å²) in [6.45, 7) is 2.57. The summed E-state index contributed by atoms with van der Waals surface area (Å²) in [5.41, 5.74) is 4.65. The maximum atomic E-state index is 15.3. The van der Waals surface area contributed by atoms with Gasteiger partial charge in [-0.1, -0.05) is 32.6 Å². The number of amides is 2. The first-order valence-electron chi connectivity index (χ1n) is 11.8. The van der Waals surface area contributed by atoms with E-state index in [1.165, 1.54) is 0 Å². The zero-order valence-corrected chi connectivity index (χ0v) is 20.3. The van der Waals surface area contributed by atoms with Crippen molar-refractivity contribution in [1.82, 2.24) is 25.4 Å². The molecule has 13 heteroatoms. The molecule has 2 fully saturated rings. The lowest BCUT2D eigenvalue weighted by atomic mass is 9.92. The molecule has 2 unspecified atom stereocenters. The summed E-state index contributed by atoms with van der Waals surface area (Å²) in [7, 11) is 3.79. The monoisotopic (exact) mass is 501 g/mol. The molecule has 2 amide bonds. The van der Waals surface area contributed by atoms with Gasteiger partial charge in [-0.2, -0.15) is 4.39 Å². The summed E-state index contributed by atoms with van der Waals surface area (Å²) < 4.78 is 42.4. The van der Waals surface area contributed by atoms with Crippen molar-refractivity contribution in [2.75, 3.05) is 44.1 Å². The van der Waals surface area contributed by atoms with Crippen LogP contribution in [-0.4, -0.2) is 77.2 Å². The van der Waals surface area contributed by atoms with Gasteiger partial charge >= 0.3 is 0 Å². The van der Waals surface area contributed by atoms with E-state index in [9.17, 15) is 23.6 Å². The molecule has 2 heterocycles. The lowest BCUT2D eigenvalue weighted by Crippen LogP contribution is -2.41. The van der Waals surface area contributed by atoms with E-state index in [1.807, 2.05) is 25.9 Å². The number of likely N-dealkylation sites (N-methyl/N-ethyl adjacent to an activating group) is 1. The molecule has 0 radical (unpaired) electrons. The third-order valence-electron chi connectivity index (χ3n) is 6.88. The van der Waals surface area contributed by atoms with Gasteiger partial charge in [-0.05, 0) is 32.4 Å². The van der Waals surface area contributed by atoms with E-state index in [1.54, 1.807) is 4.90 Å². The number of hydrogen-bond acceptors (Lipinski definition) is 8. The third-order valence-corrected chi connectivity index (χ3v) is 6.88. The van der Waals surface area contributed by atoms with E-state index in [0.29, 0.717) is 24.6 Å². The molecule has 1 aliphatic carbocycles. The molecule has 1 saturated heterocycles. The highest BCUT2D eigenvalue weighted by atomic mass is 19.3. The molecule has 1 aromatic rings. The van der Waals surface area contributed by atoms with Gasteiger partial charge in [0.15, 0.2) is 17.5 Å². The first kappa shape index (κ1) is 26.9. The molecule has 1 aliphatic heterocycles. The minimum Gasteiger partial charge on any atom is -0.352 e. The summed E-state index contributed by atoms with van der Waals surface area (Å²) in [5, 5.41) is 9.99. The first-order valence-corrected chi connectivity index (χ1v) is 11.8. The second-order valence-electron chi connectivity index (χ2n) is 9.71. The third kappa shape index (κ3) is 6.72. The van der Waals surface area contributed by atoms with Crippen LogP contribution in [0.15, 0.2) is 0 Å². The van der Waals surface area contributed by atoms with Crippen molar-refractivity contribution in [2.45, 2.75) is 51.5 Å². The summed E-state index contributed by atoms with van der Waals surface area (Å²) in [6.07, 6.45) is 1.55. The van der Waals surface area contributed by atoms with Gasteiger partial charge in [0, 0.05) is 19.1 Å². The largest absolute Gasteiger partial charge is 0.352 e. The van der Waals surface area contributed by atoms with E-state index in [0.717, 1.165) is 25.7 Å². The fourth-order valence-electron chi connectivity index (χ4n) is 5.04. The highest BCUT2D eigenvalue weighted by molar-refractivity contribution is 5.80. The Hall–Kier alpha value is -2.67. The molecule has 3 N–H and O–H groups in total. The van der Waals surface area contributed by atoms with E-state index < -0.39 is 35.7 Å². The maximum absolute atomic E-state index is 15.3. The summed E-state index contributed by atoms with van der Waals surface area (Å²) in [6, 6.07) is 0.0890. The predicted octanol–water partition coefficient (Wildman–Crippen LogP) is 2.43. The van der Waals surface area contributed by atoms with E-state index >= 15 is 4.39 Å². The molecule has 0 bridgehead atoms. The van der Waals surface area contributed by atoms with E-state index in [2.05, 4.69) is 20.8 Å². The van der Waals surface area contributed by atoms with E-state index in [4.69, 9.17) is 0 Å². The summed E-state index contributed by atoms with van der Waals surface area (Å²) in [5.74, 6) is -3.61. The van der Waals surface area contributed by atoms with Crippen molar-refractivity contribution in [3.8, 4) is 0 Å². The van der Waals surface area contributed by atoms with Crippen LogP contribution < -0.4 is 15.8 Å². The molecule has 0 aromatic carbocycles. The molecule has 1 saturated carbocycles. The lowest BCUT2D eigenvalue weighted by molar-refractivity contribution is -0.154. The Labute approximate surface area is 202 Å². The van der Waals surface area contributed by atoms with Crippen LogP contribution in [0.1, 0.15) is 51.3 Å². The number of hydrazine groups is 1. The highest BCUT2D eigenvalue weighted by Crippen LogP contribution is 2.32. The Morgan fingerprint density at radius 2 is 1.94 bits per heavy atom. The highest BCUT2D eigenvalue weighted by Gasteiger charge is 2.35. The Bertz CT molecular complexity index is 886. The number of nitrogens with one attached hydrogen (secondary N) is 2. The van der Waals surface area contributed by atoms with Crippen LogP contribution in [0.5, 0.6) is 0 Å². The topological polar surface area (TPSA) is 114 Å². The number of hydrogen-bond donors (Lipinski definition) is 3. The minimum absolute atomic E-state index is 0.0890. The standard InChI is InChI=1S/C22H34F3N7O3/c1-13-9-31(11-16(13)30(2)3)21-17(23)19(26-20(27-21)18(24)25)28-29-22(34)15(10-32(35)12-33)8-14-6-4-5-7-14/h12-16,18,35H,4-11H2,1-3H3,(H,29,34)(H,26,27,28)/t13?,15-,16?/m1/s1. The molecule has 196 valence electrons. The second-order valence-corrected chi connectivity index (χ2v) is 9.71. The summed E-state index contributed by atoms with van der Waals surface area (Å²) in [4.78, 5) is 34.6. The summed E-state index contributed by atoms with van der Waals surface area (Å²) >= 11 is 0. The molecule has 10 nitrogen and oxygen atoms in total. The number of rotatable bonds is 11. The predicted molar refractivity (Wildman–Crippen MR) is 122 cm³/mol. The van der Waals surface area contributed by atoms with E-state index in [-0.39, 0.29) is 36.7 Å². The van der Waals surface area contributed by atoms with Crippen molar-refractivity contribution in [1.29, 1.82) is 0 Å². The van der Waals surface area contributed by atoms with Crippen LogP contribution in [0, 0.1) is 23.6 Å². The first-order chi connectivity index (χ1) is 16.6. The fraction of sp³-hybridized carbons (Fsp3) is 0.727. The number of halogens is 3. The number of alkyl halides is 2. The molecule has 3 rings (SSSR count). The Balaban J connectivity index is 1.77. The number of hydroxylamine groups is 2. The second kappa shape index (κ2) is 11.8. The Morgan fingerprint density at radius 1 is 1.26 bits per heavy atom. The van der Waals surface area contributed by atoms with Crippen molar-refractivity contribution in [2.24, 2.45) is 17.8 Å². The van der Waals surface area contributed by atoms with Crippen LogP contribution in [0.25, 0.3) is 0 Å². The number of carbonyl (C=O) groups is 2. The number of nitrogens with zero attached hydrogens (tertiary/aromatic N) is 5. The maximum Gasteiger partial charge on any atom is 0.297 e. The minimum atomic E-state index is -3.04. The fourth-order valence-corrected chi connectivity index (χ4v) is 5.04. The van der Waals surface area contributed by atoms with Gasteiger partial charge in [0.2, 0.25) is 18.1 Å². The quantitative estimate of drug-likeness (QED) is 0.241. The number of carbonyl (C=O) groups excluding carboxylic acids is 2. The van der Waals surface area contributed by atoms with Gasteiger partial charge in [-0.25, -0.2) is 23.8 Å². The zero-order valence-electron chi connectivity index (χ0n) is 20.3. The smallest absolute Gasteiger partial charge is 0.297 e. The molecule has 1 aromatic heterocycles. The molecule has 0 spiro atoms. The Morgan fingerprint density at radius 3 is 2.51 bits per heavy atom. The van der Waals surface area contributed by atoms with Gasteiger partial charge < -0.3 is 9.80 Å². The van der Waals surface area contributed by atoms with Crippen LogP contribution in [0.2, 0.25) is 0 Å². The molecule has 2 aliphatic rings. The Kier molecular flexibility index (Phi) is 9.11. The molecule has 35 heavy (non-hydrogen) atoms. The molecular formula is C22H34F3N7O3. The average Bonchev–Trinajstić information content (AvgIpc) is 3.46. The molecule has 3 atom stereocenters. The van der Waals surface area contributed by atoms with Crippen LogP contribution in [0.4, 0.5) is 24.8 Å². The molecular weight excluding hydrogens is 467 g/mol. The van der Waals surface area contributed by atoms with Crippen LogP contribution in [0.3, 0.4) is 0 Å². The average molecular weight is 502 g/mol. The van der Waals surface area contributed by atoms with Crippen molar-refractivity contribution in [3.05, 3.63) is 11.6 Å². The van der Waals surface area contributed by atoms with Crippen LogP contribution >= 0.6 is 0 Å². The van der Waals surface area contributed by atoms with Crippen molar-refractivity contribution >= 4 is 24.0 Å². The van der Waals surface area contributed by atoms with Crippen LogP contribution in [-0.2, 0) is 9.59 Å². The van der Waals surface area contributed by atoms with Crippen molar-refractivity contribution in [3.63, 3.8) is 0 Å². The van der Waals surface area contributed by atoms with Gasteiger partial charge in [0.05, 0.1) is 12.5 Å². The lowest BCUT2D eigenvalue weighted by Gasteiger charge is -2.24. The normalized spacial score (nSPS) is 21.6. The SMILES string of the molecule is CC1CN(c2nc(C(F)F)nc(NNC(=O)[C@H](CC3CCCC3)CN(O)C=O)c2F)CC1N(C)C. The number of aromatic nitrogens is 2. The van der Waals surface area contributed by atoms with Gasteiger partial charge in [-0.3, -0.25) is 25.6 Å². The van der Waals surface area contributed by atoms with Gasteiger partial charge in [0.1, 0.15) is 0 Å². The van der Waals surface area contributed by atoms with Gasteiger partial charge in [-0.15, -0.1) is 0 Å². The van der Waals surface area contributed by atoms with Gasteiger partial charge in [0.25, 0.3) is 6.43 Å². The van der Waals surface area contributed by atoms with Crippen molar-refractivity contribution < 1.29 is 28.0 Å².